The fourth-order valence-electron chi connectivity index (χ4n) is 9.21. The van der Waals surface area contributed by atoms with Crippen molar-refractivity contribution in [3.05, 3.63) is 88.5 Å². The minimum absolute atomic E-state index is 0.0193. The molecule has 4 aliphatic heterocycles. The molecule has 15 nitrogen and oxygen atoms in total. The highest BCUT2D eigenvalue weighted by atomic mass is 28.3. The summed E-state index contributed by atoms with van der Waals surface area (Å²) in [6.45, 7) is 16.8. The average molecular weight is 933 g/mol. The Hall–Kier alpha value is -5.93. The van der Waals surface area contributed by atoms with E-state index in [4.69, 9.17) is 9.47 Å². The van der Waals surface area contributed by atoms with Crippen LogP contribution in [0.3, 0.4) is 0 Å². The van der Waals surface area contributed by atoms with Gasteiger partial charge in [0.2, 0.25) is 5.91 Å². The molecule has 0 saturated carbocycles. The monoisotopic (exact) mass is 932 g/mol. The van der Waals surface area contributed by atoms with Gasteiger partial charge in [0.25, 0.3) is 17.7 Å². The number of nitrogens with one attached hydrogen (secondary N) is 1. The number of aromatic nitrogens is 2. The van der Waals surface area contributed by atoms with Crippen LogP contribution in [0.15, 0.2) is 54.7 Å². The molecule has 354 valence electrons. The predicted octanol–water partition coefficient (Wildman–Crippen LogP) is 6.94. The number of rotatable bonds is 11. The summed E-state index contributed by atoms with van der Waals surface area (Å²) in [6.07, 6.45) is 3.41. The van der Waals surface area contributed by atoms with E-state index in [-0.39, 0.29) is 55.4 Å². The third-order valence-electron chi connectivity index (χ3n) is 12.9. The molecule has 2 aromatic carbocycles. The van der Waals surface area contributed by atoms with Gasteiger partial charge >= 0.3 is 6.09 Å². The normalized spacial score (nSPS) is 19.5. The van der Waals surface area contributed by atoms with Gasteiger partial charge in [-0.15, -0.1) is 0 Å². The quantitative estimate of drug-likeness (QED) is 0.0722. The molecule has 4 aromatic rings. The summed E-state index contributed by atoms with van der Waals surface area (Å²) in [6, 6.07) is 13.8. The first-order valence-corrected chi connectivity index (χ1v) is 26.9. The van der Waals surface area contributed by atoms with Crippen molar-refractivity contribution in [3.63, 3.8) is 0 Å². The molecular weight excluding hydrogens is 872 g/mol. The number of anilines is 2. The molecule has 2 aromatic heterocycles. The number of likely N-dealkylation sites (tertiary alicyclic amines) is 2. The zero-order valence-corrected chi connectivity index (χ0v) is 40.6. The summed E-state index contributed by atoms with van der Waals surface area (Å²) < 4.78 is 28.8. The first-order chi connectivity index (χ1) is 31.8. The number of piperazine rings is 1. The van der Waals surface area contributed by atoms with Gasteiger partial charge in [-0.05, 0) is 102 Å². The van der Waals surface area contributed by atoms with Crippen LogP contribution in [0.5, 0.6) is 0 Å². The average Bonchev–Trinajstić information content (AvgIpc) is 3.97. The van der Waals surface area contributed by atoms with Crippen LogP contribution in [-0.2, 0) is 25.6 Å². The van der Waals surface area contributed by atoms with Crippen LogP contribution in [0, 0.1) is 17.7 Å². The molecule has 17 heteroatoms. The molecule has 3 saturated heterocycles. The number of carbonyl (C=O) groups is 5. The number of benzene rings is 2. The van der Waals surface area contributed by atoms with Crippen molar-refractivity contribution in [1.29, 1.82) is 0 Å². The molecule has 3 fully saturated rings. The second-order valence-electron chi connectivity index (χ2n) is 20.2. The second kappa shape index (κ2) is 19.4. The van der Waals surface area contributed by atoms with Crippen molar-refractivity contribution in [2.75, 3.05) is 69.9 Å². The Morgan fingerprint density at radius 2 is 1.75 bits per heavy atom. The van der Waals surface area contributed by atoms with Crippen LogP contribution in [0.1, 0.15) is 90.0 Å². The molecule has 2 atom stereocenters. The zero-order chi connectivity index (χ0) is 47.8. The van der Waals surface area contributed by atoms with Crippen LogP contribution < -0.4 is 10.2 Å². The fraction of sp³-hybridized carbons (Fsp3) is 0.480. The van der Waals surface area contributed by atoms with E-state index >= 15 is 4.39 Å². The van der Waals surface area contributed by atoms with Crippen LogP contribution in [-0.4, -0.2) is 138 Å². The van der Waals surface area contributed by atoms with Crippen molar-refractivity contribution in [2.45, 2.75) is 96.4 Å². The van der Waals surface area contributed by atoms with Crippen LogP contribution in [0.4, 0.5) is 20.7 Å². The number of hydrogen-bond acceptors (Lipinski definition) is 11. The van der Waals surface area contributed by atoms with Gasteiger partial charge in [-0.3, -0.25) is 33.9 Å². The van der Waals surface area contributed by atoms with E-state index in [1.54, 1.807) is 39.9 Å². The number of piperidine rings is 1. The Balaban J connectivity index is 0.862. The van der Waals surface area contributed by atoms with Gasteiger partial charge in [-0.1, -0.05) is 37.5 Å². The zero-order valence-electron chi connectivity index (χ0n) is 39.6. The standard InChI is InChI=1S/C50H61FN8O7Si/c1-50(2,3)66-49(64)59-42-29-44(52-30-34(42)27-43(59)40-14-10-19-54(40)4)53-46(61)37-16-15-35(28-39(37)51)56-23-21-55(22-24-56)20-9-12-33-11-8-13-36-38(33)31-57(47(36)62)41-17-18-45(60)58(48(41)63)32-65-25-26-67(5,6)7/h8,11,13,15-16,27-30,40-41H,10,14,17-26,31-32H2,1-7H3,(H,52,53,61)/t40-,41?/m1/s1. The summed E-state index contributed by atoms with van der Waals surface area (Å²) in [7, 11) is 0.688. The lowest BCUT2D eigenvalue weighted by atomic mass is 10.0. The highest BCUT2D eigenvalue weighted by molar-refractivity contribution is 6.76. The number of fused-ring (bicyclic) bond motifs is 2. The Kier molecular flexibility index (Phi) is 13.7. The number of hydrogen-bond donors (Lipinski definition) is 1. The largest absolute Gasteiger partial charge is 0.443 e. The maximum atomic E-state index is 15.7. The first kappa shape index (κ1) is 47.6. The van der Waals surface area contributed by atoms with Crippen LogP contribution in [0.25, 0.3) is 10.9 Å². The molecule has 6 heterocycles. The number of carbonyl (C=O) groups excluding carboxylic acids is 5. The SMILES string of the molecule is CN1CCC[C@@H]1c1cc2cnc(NC(=O)c3ccc(N4CCN(CC#Cc5cccc6c5CN(C5CCC(=O)N(COCC[Si](C)(C)C)C5=O)C6=O)CC4)cc3F)cc2n1C(=O)OC(C)(C)C. The first-order valence-electron chi connectivity index (χ1n) is 23.2. The highest BCUT2D eigenvalue weighted by Crippen LogP contribution is 2.36. The van der Waals surface area contributed by atoms with Crippen LogP contribution in [0.2, 0.25) is 25.7 Å². The number of pyridine rings is 1. The van der Waals surface area contributed by atoms with Gasteiger partial charge in [-0.2, -0.15) is 0 Å². The number of nitrogens with zero attached hydrogens (tertiary/aromatic N) is 7. The van der Waals surface area contributed by atoms with Crippen molar-refractivity contribution in [3.8, 4) is 11.8 Å². The number of amides is 4. The highest BCUT2D eigenvalue weighted by Gasteiger charge is 2.43. The van der Waals surface area contributed by atoms with Gasteiger partial charge in [0.15, 0.2) is 0 Å². The van der Waals surface area contributed by atoms with E-state index in [0.717, 1.165) is 52.5 Å². The molecular formula is C50H61FN8O7Si. The molecule has 1 unspecified atom stereocenters. The lowest BCUT2D eigenvalue weighted by Crippen LogP contribution is -2.55. The molecule has 4 aliphatic rings. The Labute approximate surface area is 392 Å². The topological polar surface area (TPSA) is 150 Å². The van der Waals surface area contributed by atoms with Crippen LogP contribution >= 0.6 is 0 Å². The molecule has 0 spiro atoms. The minimum atomic E-state index is -1.34. The van der Waals surface area contributed by atoms with E-state index in [1.807, 2.05) is 40.0 Å². The van der Waals surface area contributed by atoms with Crippen molar-refractivity contribution < 1.29 is 37.8 Å². The van der Waals surface area contributed by atoms with Gasteiger partial charge in [-0.25, -0.2) is 18.7 Å². The second-order valence-corrected chi connectivity index (χ2v) is 25.8. The third-order valence-corrected chi connectivity index (χ3v) is 14.6. The van der Waals surface area contributed by atoms with E-state index in [2.05, 4.69) is 56.5 Å². The predicted molar refractivity (Wildman–Crippen MR) is 256 cm³/mol. The lowest BCUT2D eigenvalue weighted by molar-refractivity contribution is -0.158. The summed E-state index contributed by atoms with van der Waals surface area (Å²) in [5, 5.41) is 3.46. The van der Waals surface area contributed by atoms with Crippen molar-refractivity contribution in [1.82, 2.24) is 29.2 Å². The fourth-order valence-corrected chi connectivity index (χ4v) is 9.97. The third kappa shape index (κ3) is 10.6. The number of halogens is 1. The van der Waals surface area contributed by atoms with Crippen molar-refractivity contribution in [2.24, 2.45) is 0 Å². The van der Waals surface area contributed by atoms with Gasteiger partial charge in [0.05, 0.1) is 23.7 Å². The lowest BCUT2D eigenvalue weighted by Gasteiger charge is -2.35. The summed E-state index contributed by atoms with van der Waals surface area (Å²) in [5.41, 5.74) is 3.16. The van der Waals surface area contributed by atoms with Gasteiger partial charge < -0.3 is 24.6 Å². The molecule has 0 bridgehead atoms. The Morgan fingerprint density at radius 1 is 0.970 bits per heavy atom. The molecule has 4 amide bonds. The molecule has 67 heavy (non-hydrogen) atoms. The van der Waals surface area contributed by atoms with E-state index in [1.165, 1.54) is 12.1 Å². The summed E-state index contributed by atoms with van der Waals surface area (Å²) in [5.74, 6) is 4.47. The maximum Gasteiger partial charge on any atom is 0.419 e. The maximum absolute atomic E-state index is 15.7. The number of ether oxygens (including phenoxy) is 2. The van der Waals surface area contributed by atoms with E-state index in [9.17, 15) is 24.0 Å². The smallest absolute Gasteiger partial charge is 0.419 e. The van der Waals surface area contributed by atoms with Gasteiger partial charge in [0.1, 0.15) is 30.0 Å². The Morgan fingerprint density at radius 3 is 2.45 bits per heavy atom. The molecule has 8 rings (SSSR count). The molecule has 0 aliphatic carbocycles. The van der Waals surface area contributed by atoms with Crippen molar-refractivity contribution >= 4 is 60.2 Å². The molecule has 0 radical (unpaired) electrons. The molecule has 1 N–H and O–H groups in total. The van der Waals surface area contributed by atoms with Gasteiger partial charge in [0, 0.05) is 94.0 Å². The van der Waals surface area contributed by atoms with E-state index < -0.39 is 43.4 Å². The Bertz CT molecular complexity index is 2660. The summed E-state index contributed by atoms with van der Waals surface area (Å²) >= 11 is 0. The number of imide groups is 1. The van der Waals surface area contributed by atoms with E-state index in [0.29, 0.717) is 56.1 Å². The minimum Gasteiger partial charge on any atom is -0.443 e. The summed E-state index contributed by atoms with van der Waals surface area (Å²) in [4.78, 5) is 80.6.